The van der Waals surface area contributed by atoms with Gasteiger partial charge in [0, 0.05) is 11.1 Å². The van der Waals surface area contributed by atoms with Crippen LogP contribution in [-0.2, 0) is 0 Å². The molecule has 4 heteroatoms. The number of carbonyl (C=O) groups is 1. The lowest BCUT2D eigenvalue weighted by atomic mass is 9.97. The van der Waals surface area contributed by atoms with Crippen molar-refractivity contribution in [1.29, 1.82) is 0 Å². The number of hydrogen-bond donors (Lipinski definition) is 0. The quantitative estimate of drug-likeness (QED) is 0.773. The summed E-state index contributed by atoms with van der Waals surface area (Å²) >= 11 is 0. The summed E-state index contributed by atoms with van der Waals surface area (Å²) in [6.07, 6.45) is 6.75. The number of ether oxygens (including phenoxy) is 3. The normalized spacial score (nSPS) is 15.6. The maximum absolute atomic E-state index is 11.4. The SMILES string of the molecule is COc1c(C)c(C=O)c(OC)c(OC2CCCCC2)c1C. The van der Waals surface area contributed by atoms with Crippen LogP contribution in [0.4, 0.5) is 0 Å². The van der Waals surface area contributed by atoms with Crippen LogP contribution in [0, 0.1) is 13.8 Å². The van der Waals surface area contributed by atoms with Gasteiger partial charge in [-0.15, -0.1) is 0 Å². The Bertz CT molecular complexity index is 516. The topological polar surface area (TPSA) is 44.8 Å². The summed E-state index contributed by atoms with van der Waals surface area (Å²) < 4.78 is 17.1. The van der Waals surface area contributed by atoms with Gasteiger partial charge in [0.15, 0.2) is 17.8 Å². The van der Waals surface area contributed by atoms with E-state index < -0.39 is 0 Å². The minimum Gasteiger partial charge on any atom is -0.496 e. The van der Waals surface area contributed by atoms with Crippen LogP contribution in [0.3, 0.4) is 0 Å². The molecule has 1 fully saturated rings. The van der Waals surface area contributed by atoms with Crippen molar-refractivity contribution < 1.29 is 19.0 Å². The predicted molar refractivity (Wildman–Crippen MR) is 81.9 cm³/mol. The second kappa shape index (κ2) is 6.83. The first-order chi connectivity index (χ1) is 10.1. The van der Waals surface area contributed by atoms with Gasteiger partial charge < -0.3 is 14.2 Å². The van der Waals surface area contributed by atoms with E-state index in [2.05, 4.69) is 0 Å². The van der Waals surface area contributed by atoms with E-state index in [0.717, 1.165) is 30.3 Å². The molecule has 0 bridgehead atoms. The van der Waals surface area contributed by atoms with Gasteiger partial charge >= 0.3 is 0 Å². The first-order valence-electron chi connectivity index (χ1n) is 7.51. The van der Waals surface area contributed by atoms with E-state index in [-0.39, 0.29) is 6.10 Å². The molecule has 0 aromatic heterocycles. The molecule has 21 heavy (non-hydrogen) atoms. The van der Waals surface area contributed by atoms with E-state index >= 15 is 0 Å². The average molecular weight is 292 g/mol. The summed E-state index contributed by atoms with van der Waals surface area (Å²) in [4.78, 5) is 11.4. The number of aldehydes is 1. The van der Waals surface area contributed by atoms with Gasteiger partial charge in [-0.2, -0.15) is 0 Å². The van der Waals surface area contributed by atoms with E-state index in [1.54, 1.807) is 14.2 Å². The fourth-order valence-corrected chi connectivity index (χ4v) is 3.11. The smallest absolute Gasteiger partial charge is 0.172 e. The lowest BCUT2D eigenvalue weighted by molar-refractivity contribution is 0.111. The van der Waals surface area contributed by atoms with Gasteiger partial charge in [0.1, 0.15) is 5.75 Å². The predicted octanol–water partition coefficient (Wildman–Crippen LogP) is 3.84. The number of benzene rings is 1. The summed E-state index contributed by atoms with van der Waals surface area (Å²) in [5, 5.41) is 0. The van der Waals surface area contributed by atoms with Crippen LogP contribution in [0.1, 0.15) is 53.6 Å². The van der Waals surface area contributed by atoms with Crippen LogP contribution in [-0.4, -0.2) is 26.6 Å². The molecule has 1 aromatic carbocycles. The van der Waals surface area contributed by atoms with Crippen molar-refractivity contribution in [2.75, 3.05) is 14.2 Å². The molecule has 0 aliphatic heterocycles. The van der Waals surface area contributed by atoms with Crippen LogP contribution in [0.15, 0.2) is 0 Å². The van der Waals surface area contributed by atoms with Crippen molar-refractivity contribution in [3.8, 4) is 17.2 Å². The molecule has 1 aliphatic rings. The van der Waals surface area contributed by atoms with Gasteiger partial charge in [0.25, 0.3) is 0 Å². The highest BCUT2D eigenvalue weighted by atomic mass is 16.5. The Morgan fingerprint density at radius 3 is 2.05 bits per heavy atom. The van der Waals surface area contributed by atoms with E-state index in [1.807, 2.05) is 13.8 Å². The van der Waals surface area contributed by atoms with Crippen molar-refractivity contribution in [3.63, 3.8) is 0 Å². The Hall–Kier alpha value is -1.71. The fraction of sp³-hybridized carbons (Fsp3) is 0.588. The number of carbonyl (C=O) groups excluding carboxylic acids is 1. The molecule has 0 amide bonds. The minimum absolute atomic E-state index is 0.193. The highest BCUT2D eigenvalue weighted by Crippen LogP contribution is 2.44. The Balaban J connectivity index is 2.48. The summed E-state index contributed by atoms with van der Waals surface area (Å²) in [5.41, 5.74) is 2.19. The summed E-state index contributed by atoms with van der Waals surface area (Å²) in [6.45, 7) is 3.81. The highest BCUT2D eigenvalue weighted by molar-refractivity contribution is 5.86. The molecule has 0 spiro atoms. The second-order valence-electron chi connectivity index (χ2n) is 5.56. The molecule has 1 saturated carbocycles. The average Bonchev–Trinajstić information content (AvgIpc) is 2.51. The molecule has 0 heterocycles. The lowest BCUT2D eigenvalue weighted by Gasteiger charge is -2.26. The first-order valence-corrected chi connectivity index (χ1v) is 7.51. The summed E-state index contributed by atoms with van der Waals surface area (Å²) in [6, 6.07) is 0. The van der Waals surface area contributed by atoms with Crippen molar-refractivity contribution >= 4 is 6.29 Å². The molecule has 0 saturated heterocycles. The third-order valence-electron chi connectivity index (χ3n) is 4.24. The zero-order valence-corrected chi connectivity index (χ0v) is 13.3. The molecule has 1 aliphatic carbocycles. The third-order valence-corrected chi connectivity index (χ3v) is 4.24. The molecule has 116 valence electrons. The Morgan fingerprint density at radius 1 is 0.905 bits per heavy atom. The first kappa shape index (κ1) is 15.7. The molecular weight excluding hydrogens is 268 g/mol. The van der Waals surface area contributed by atoms with Gasteiger partial charge in [-0.25, -0.2) is 0 Å². The van der Waals surface area contributed by atoms with Crippen molar-refractivity contribution in [3.05, 3.63) is 16.7 Å². The Morgan fingerprint density at radius 2 is 1.52 bits per heavy atom. The lowest BCUT2D eigenvalue weighted by Crippen LogP contribution is -2.21. The second-order valence-corrected chi connectivity index (χ2v) is 5.56. The maximum Gasteiger partial charge on any atom is 0.172 e. The van der Waals surface area contributed by atoms with Crippen LogP contribution < -0.4 is 14.2 Å². The van der Waals surface area contributed by atoms with E-state index in [1.165, 1.54) is 19.3 Å². The van der Waals surface area contributed by atoms with Gasteiger partial charge in [-0.1, -0.05) is 6.42 Å². The van der Waals surface area contributed by atoms with E-state index in [4.69, 9.17) is 14.2 Å². The molecule has 2 rings (SSSR count). The van der Waals surface area contributed by atoms with Gasteiger partial charge in [0.2, 0.25) is 0 Å². The van der Waals surface area contributed by atoms with Crippen LogP contribution in [0.25, 0.3) is 0 Å². The summed E-state index contributed by atoms with van der Waals surface area (Å²) in [5.74, 6) is 1.86. The maximum atomic E-state index is 11.4. The number of hydrogen-bond acceptors (Lipinski definition) is 4. The molecule has 0 N–H and O–H groups in total. The largest absolute Gasteiger partial charge is 0.496 e. The van der Waals surface area contributed by atoms with Crippen molar-refractivity contribution in [1.82, 2.24) is 0 Å². The van der Waals surface area contributed by atoms with Gasteiger partial charge in [-0.3, -0.25) is 4.79 Å². The third kappa shape index (κ3) is 2.99. The van der Waals surface area contributed by atoms with Gasteiger partial charge in [-0.05, 0) is 39.5 Å². The van der Waals surface area contributed by atoms with Crippen molar-refractivity contribution in [2.24, 2.45) is 0 Å². The minimum atomic E-state index is 0.193. The zero-order chi connectivity index (χ0) is 15.4. The Labute approximate surface area is 126 Å². The molecule has 0 atom stereocenters. The van der Waals surface area contributed by atoms with Crippen LogP contribution >= 0.6 is 0 Å². The number of methoxy groups -OCH3 is 2. The van der Waals surface area contributed by atoms with E-state index in [0.29, 0.717) is 22.8 Å². The highest BCUT2D eigenvalue weighted by Gasteiger charge is 2.25. The molecule has 1 aromatic rings. The number of rotatable bonds is 5. The van der Waals surface area contributed by atoms with E-state index in [9.17, 15) is 4.79 Å². The molecule has 0 unspecified atom stereocenters. The van der Waals surface area contributed by atoms with Crippen LogP contribution in [0.5, 0.6) is 17.2 Å². The van der Waals surface area contributed by atoms with Crippen LogP contribution in [0.2, 0.25) is 0 Å². The monoisotopic (exact) mass is 292 g/mol. The van der Waals surface area contributed by atoms with Crippen molar-refractivity contribution in [2.45, 2.75) is 52.1 Å². The summed E-state index contributed by atoms with van der Waals surface area (Å²) in [7, 11) is 3.18. The standard InChI is InChI=1S/C17H24O4/c1-11-14(10-18)17(20-4)16(12(2)15(11)19-3)21-13-8-6-5-7-9-13/h10,13H,5-9H2,1-4H3. The Kier molecular flexibility index (Phi) is 5.10. The molecule has 0 radical (unpaired) electrons. The molecule has 4 nitrogen and oxygen atoms in total. The fourth-order valence-electron chi connectivity index (χ4n) is 3.11. The van der Waals surface area contributed by atoms with Gasteiger partial charge in [0.05, 0.1) is 25.9 Å². The molecular formula is C17H24O4. The zero-order valence-electron chi connectivity index (χ0n) is 13.3.